The van der Waals surface area contributed by atoms with Crippen molar-refractivity contribution in [2.24, 2.45) is 5.92 Å². The number of aromatic nitrogens is 2. The van der Waals surface area contributed by atoms with Gasteiger partial charge in [-0.15, -0.1) is 11.3 Å². The van der Waals surface area contributed by atoms with E-state index in [1.807, 2.05) is 27.5 Å². The second-order valence-electron chi connectivity index (χ2n) is 5.73. The molecule has 1 saturated heterocycles. The summed E-state index contributed by atoms with van der Waals surface area (Å²) in [5.74, 6) is -0.910. The van der Waals surface area contributed by atoms with Gasteiger partial charge in [0.25, 0.3) is 0 Å². The van der Waals surface area contributed by atoms with Crippen LogP contribution in [0.5, 0.6) is 0 Å². The smallest absolute Gasteiger partial charge is 0.347 e. The van der Waals surface area contributed by atoms with Crippen molar-refractivity contribution in [3.63, 3.8) is 0 Å². The summed E-state index contributed by atoms with van der Waals surface area (Å²) in [5.41, 5.74) is 0.910. The largest absolute Gasteiger partial charge is 0.405 e. The Morgan fingerprint density at radius 2 is 2.30 bits per heavy atom. The Hall–Kier alpha value is -1.61. The molecule has 3 rings (SSSR count). The minimum atomic E-state index is -4.37. The van der Waals surface area contributed by atoms with E-state index in [2.05, 4.69) is 9.88 Å². The summed E-state index contributed by atoms with van der Waals surface area (Å²) in [6, 6.07) is 0. The van der Waals surface area contributed by atoms with E-state index in [0.29, 0.717) is 19.5 Å². The molecule has 5 nitrogen and oxygen atoms in total. The number of piperidine rings is 1. The first-order chi connectivity index (χ1) is 10.9. The number of rotatable bonds is 4. The molecule has 3 heterocycles. The van der Waals surface area contributed by atoms with Gasteiger partial charge in [-0.2, -0.15) is 13.2 Å². The van der Waals surface area contributed by atoms with Gasteiger partial charge >= 0.3 is 6.18 Å². The molecule has 0 saturated carbocycles. The molecule has 1 aliphatic heterocycles. The topological polar surface area (TPSA) is 49.6 Å². The number of fused-ring (bicyclic) bond motifs is 1. The number of nitrogens with one attached hydrogen (secondary N) is 1. The molecule has 0 aromatic carbocycles. The van der Waals surface area contributed by atoms with Gasteiger partial charge in [0.05, 0.1) is 11.6 Å². The van der Waals surface area contributed by atoms with Crippen molar-refractivity contribution < 1.29 is 18.0 Å². The van der Waals surface area contributed by atoms with E-state index in [0.717, 1.165) is 23.6 Å². The second kappa shape index (κ2) is 6.48. The fourth-order valence-electron chi connectivity index (χ4n) is 2.83. The van der Waals surface area contributed by atoms with Crippen LogP contribution in [0.4, 0.5) is 13.2 Å². The Morgan fingerprint density at radius 3 is 3.04 bits per heavy atom. The van der Waals surface area contributed by atoms with Crippen molar-refractivity contribution in [2.45, 2.75) is 25.6 Å². The van der Waals surface area contributed by atoms with Crippen molar-refractivity contribution in [1.29, 1.82) is 0 Å². The van der Waals surface area contributed by atoms with E-state index in [-0.39, 0.29) is 0 Å². The Labute approximate surface area is 135 Å². The summed E-state index contributed by atoms with van der Waals surface area (Å²) in [5, 5.41) is 3.94. The molecule has 0 bridgehead atoms. The van der Waals surface area contributed by atoms with Gasteiger partial charge in [-0.25, -0.2) is 4.98 Å². The molecule has 1 N–H and O–H groups in total. The van der Waals surface area contributed by atoms with E-state index >= 15 is 0 Å². The molecule has 1 amide bonds. The number of amides is 1. The minimum Gasteiger partial charge on any atom is -0.347 e. The summed E-state index contributed by atoms with van der Waals surface area (Å²) in [7, 11) is 0. The third kappa shape index (κ3) is 4.23. The number of hydrogen-bond acceptors (Lipinski definition) is 4. The van der Waals surface area contributed by atoms with Crippen LogP contribution in [0.3, 0.4) is 0 Å². The lowest BCUT2D eigenvalue weighted by atomic mass is 9.97. The summed E-state index contributed by atoms with van der Waals surface area (Å²) < 4.78 is 38.5. The Morgan fingerprint density at radius 1 is 1.48 bits per heavy atom. The zero-order chi connectivity index (χ0) is 16.4. The normalized spacial score (nSPS) is 20.0. The van der Waals surface area contributed by atoms with Gasteiger partial charge in [0.15, 0.2) is 4.96 Å². The number of imidazole rings is 1. The molecule has 1 atom stereocenters. The van der Waals surface area contributed by atoms with Crippen LogP contribution < -0.4 is 5.32 Å². The van der Waals surface area contributed by atoms with Crippen LogP contribution in [0.15, 0.2) is 17.8 Å². The molecule has 2 aromatic rings. The lowest BCUT2D eigenvalue weighted by Gasteiger charge is -2.31. The number of nitrogens with zero attached hydrogens (tertiary/aromatic N) is 3. The second-order valence-corrected chi connectivity index (χ2v) is 6.61. The maximum absolute atomic E-state index is 12.2. The lowest BCUT2D eigenvalue weighted by molar-refractivity contribution is -0.141. The van der Waals surface area contributed by atoms with E-state index in [1.165, 1.54) is 0 Å². The number of carbonyl (C=O) groups excluding carboxylic acids is 1. The van der Waals surface area contributed by atoms with Crippen LogP contribution in [0.1, 0.15) is 18.5 Å². The molecule has 0 radical (unpaired) electrons. The molecule has 23 heavy (non-hydrogen) atoms. The van der Waals surface area contributed by atoms with Gasteiger partial charge in [0.1, 0.15) is 6.54 Å². The fraction of sp³-hybridized carbons (Fsp3) is 0.571. The highest BCUT2D eigenvalue weighted by atomic mass is 32.1. The van der Waals surface area contributed by atoms with Crippen molar-refractivity contribution in [3.8, 4) is 0 Å². The van der Waals surface area contributed by atoms with E-state index in [4.69, 9.17) is 0 Å². The maximum Gasteiger partial charge on any atom is 0.405 e. The first kappa shape index (κ1) is 16.3. The zero-order valence-electron chi connectivity index (χ0n) is 12.3. The van der Waals surface area contributed by atoms with Gasteiger partial charge in [-0.05, 0) is 19.4 Å². The van der Waals surface area contributed by atoms with Gasteiger partial charge in [-0.1, -0.05) is 0 Å². The van der Waals surface area contributed by atoms with Crippen LogP contribution >= 0.6 is 11.3 Å². The summed E-state index contributed by atoms with van der Waals surface area (Å²) >= 11 is 1.55. The van der Waals surface area contributed by atoms with E-state index in [9.17, 15) is 18.0 Å². The Bertz CT molecular complexity index is 652. The number of likely N-dealkylation sites (tertiary alicyclic amines) is 1. The monoisotopic (exact) mass is 346 g/mol. The van der Waals surface area contributed by atoms with Crippen molar-refractivity contribution >= 4 is 22.2 Å². The Balaban J connectivity index is 1.55. The molecule has 0 aliphatic carbocycles. The van der Waals surface area contributed by atoms with Gasteiger partial charge in [-0.3, -0.25) is 14.1 Å². The molecule has 126 valence electrons. The highest BCUT2D eigenvalue weighted by Crippen LogP contribution is 2.20. The first-order valence-corrected chi connectivity index (χ1v) is 8.26. The third-order valence-electron chi connectivity index (χ3n) is 3.87. The standard InChI is InChI=1S/C14H17F3N4OS/c15-14(16,17)9-18-12(22)10-2-1-3-20(6-10)7-11-8-21-4-5-23-13(21)19-11/h4-5,8,10H,1-3,6-7,9H2,(H,18,22)/t10-/m1/s1. The lowest BCUT2D eigenvalue weighted by Crippen LogP contribution is -2.44. The number of hydrogen-bond donors (Lipinski definition) is 1. The SMILES string of the molecule is O=C(NCC(F)(F)F)[C@@H]1CCCN(Cc2cn3ccsc3n2)C1. The zero-order valence-corrected chi connectivity index (χ0v) is 13.2. The van der Waals surface area contributed by atoms with Crippen LogP contribution in [-0.4, -0.2) is 46.0 Å². The molecule has 0 spiro atoms. The molecule has 2 aromatic heterocycles. The Kier molecular flexibility index (Phi) is 4.58. The average molecular weight is 346 g/mol. The predicted molar refractivity (Wildman–Crippen MR) is 80.1 cm³/mol. The fourth-order valence-corrected chi connectivity index (χ4v) is 3.55. The van der Waals surface area contributed by atoms with Crippen LogP contribution in [0.2, 0.25) is 0 Å². The minimum absolute atomic E-state index is 0.394. The predicted octanol–water partition coefficient (Wildman–Crippen LogP) is 2.29. The molecular formula is C14H17F3N4OS. The highest BCUT2D eigenvalue weighted by Gasteiger charge is 2.31. The van der Waals surface area contributed by atoms with Crippen molar-refractivity contribution in [1.82, 2.24) is 19.6 Å². The quantitative estimate of drug-likeness (QED) is 0.924. The number of thiazole rings is 1. The van der Waals surface area contributed by atoms with Crippen LogP contribution in [-0.2, 0) is 11.3 Å². The van der Waals surface area contributed by atoms with Crippen molar-refractivity contribution in [2.75, 3.05) is 19.6 Å². The molecule has 1 fully saturated rings. The van der Waals surface area contributed by atoms with Gasteiger partial charge in [0.2, 0.25) is 5.91 Å². The van der Waals surface area contributed by atoms with Crippen molar-refractivity contribution in [3.05, 3.63) is 23.5 Å². The maximum atomic E-state index is 12.2. The van der Waals surface area contributed by atoms with E-state index in [1.54, 1.807) is 11.3 Å². The first-order valence-electron chi connectivity index (χ1n) is 7.38. The molecule has 0 unspecified atom stereocenters. The van der Waals surface area contributed by atoms with E-state index < -0.39 is 24.5 Å². The van der Waals surface area contributed by atoms with Gasteiger partial charge in [0, 0.05) is 30.9 Å². The number of halogens is 3. The van der Waals surface area contributed by atoms with Crippen LogP contribution in [0.25, 0.3) is 4.96 Å². The number of alkyl halides is 3. The van der Waals surface area contributed by atoms with Crippen LogP contribution in [0, 0.1) is 5.92 Å². The third-order valence-corrected chi connectivity index (χ3v) is 4.64. The summed E-state index contributed by atoms with van der Waals surface area (Å²) in [6.45, 7) is 0.639. The molecule has 1 aliphatic rings. The van der Waals surface area contributed by atoms with Gasteiger partial charge < -0.3 is 5.32 Å². The summed E-state index contributed by atoms with van der Waals surface area (Å²) in [4.78, 5) is 19.4. The average Bonchev–Trinajstić information content (AvgIpc) is 3.05. The molecule has 9 heteroatoms. The number of carbonyl (C=O) groups is 1. The highest BCUT2D eigenvalue weighted by molar-refractivity contribution is 7.15. The summed E-state index contributed by atoms with van der Waals surface area (Å²) in [6.07, 6.45) is 0.927. The molecular weight excluding hydrogens is 329 g/mol.